The van der Waals surface area contributed by atoms with Gasteiger partial charge in [0.1, 0.15) is 0 Å². The summed E-state index contributed by atoms with van der Waals surface area (Å²) in [6.07, 6.45) is 0. The highest BCUT2D eigenvalue weighted by molar-refractivity contribution is 6.10. The molecule has 0 atom stereocenters. The van der Waals surface area contributed by atoms with Gasteiger partial charge in [-0.2, -0.15) is 0 Å². The molecule has 4 rings (SSSR count). The maximum atomic E-state index is 2.36. The summed E-state index contributed by atoms with van der Waals surface area (Å²) in [7, 11) is 0. The first-order valence-corrected chi connectivity index (χ1v) is 8.55. The van der Waals surface area contributed by atoms with Gasteiger partial charge < -0.3 is 0 Å². The molecule has 24 heavy (non-hydrogen) atoms. The van der Waals surface area contributed by atoms with Gasteiger partial charge in [0.2, 0.25) is 0 Å². The Kier molecular flexibility index (Phi) is 3.42. The van der Waals surface area contributed by atoms with E-state index in [-0.39, 0.29) is 5.41 Å². The zero-order chi connectivity index (χ0) is 16.7. The predicted molar refractivity (Wildman–Crippen MR) is 106 cm³/mol. The molecule has 0 nitrogen and oxygen atoms in total. The van der Waals surface area contributed by atoms with Crippen molar-refractivity contribution in [2.75, 3.05) is 0 Å². The van der Waals surface area contributed by atoms with Crippen molar-refractivity contribution < 1.29 is 0 Å². The van der Waals surface area contributed by atoms with Crippen LogP contribution in [0, 0.1) is 0 Å². The summed E-state index contributed by atoms with van der Waals surface area (Å²) in [5.74, 6) is 0. The van der Waals surface area contributed by atoms with Crippen LogP contribution in [0.4, 0.5) is 0 Å². The van der Waals surface area contributed by atoms with Crippen molar-refractivity contribution in [3.8, 4) is 11.1 Å². The lowest BCUT2D eigenvalue weighted by Crippen LogP contribution is -2.11. The second-order valence-corrected chi connectivity index (χ2v) is 7.52. The van der Waals surface area contributed by atoms with Crippen LogP contribution < -0.4 is 0 Å². The van der Waals surface area contributed by atoms with Crippen LogP contribution in [-0.4, -0.2) is 0 Å². The minimum Gasteiger partial charge on any atom is -0.0622 e. The Morgan fingerprint density at radius 1 is 0.542 bits per heavy atom. The van der Waals surface area contributed by atoms with E-state index in [1.54, 1.807) is 0 Å². The van der Waals surface area contributed by atoms with Crippen molar-refractivity contribution in [3.63, 3.8) is 0 Å². The number of fused-ring (bicyclic) bond motifs is 3. The van der Waals surface area contributed by atoms with E-state index in [0.717, 1.165) is 0 Å². The van der Waals surface area contributed by atoms with Gasteiger partial charge in [0, 0.05) is 0 Å². The van der Waals surface area contributed by atoms with E-state index in [4.69, 9.17) is 0 Å². The maximum absolute atomic E-state index is 2.36. The molecule has 0 aliphatic heterocycles. The molecule has 0 amide bonds. The van der Waals surface area contributed by atoms with Crippen LogP contribution in [0.25, 0.3) is 32.7 Å². The van der Waals surface area contributed by atoms with Crippen molar-refractivity contribution in [1.82, 2.24) is 0 Å². The van der Waals surface area contributed by atoms with Crippen LogP contribution in [0.2, 0.25) is 0 Å². The van der Waals surface area contributed by atoms with Crippen molar-refractivity contribution in [2.24, 2.45) is 0 Å². The molecule has 0 spiro atoms. The molecule has 0 bridgehead atoms. The van der Waals surface area contributed by atoms with Crippen LogP contribution in [0.5, 0.6) is 0 Å². The molecule has 0 fully saturated rings. The summed E-state index contributed by atoms with van der Waals surface area (Å²) in [4.78, 5) is 0. The molecule has 0 aliphatic rings. The molecule has 4 aromatic carbocycles. The average Bonchev–Trinajstić information content (AvgIpc) is 2.60. The van der Waals surface area contributed by atoms with Crippen LogP contribution in [-0.2, 0) is 5.41 Å². The van der Waals surface area contributed by atoms with Gasteiger partial charge >= 0.3 is 0 Å². The molecule has 0 heterocycles. The summed E-state index contributed by atoms with van der Waals surface area (Å²) < 4.78 is 0. The van der Waals surface area contributed by atoms with Crippen LogP contribution in [0.1, 0.15) is 26.3 Å². The second kappa shape index (κ2) is 5.49. The largest absolute Gasteiger partial charge is 0.0622 e. The van der Waals surface area contributed by atoms with Crippen LogP contribution in [0.3, 0.4) is 0 Å². The molecule has 0 saturated carbocycles. The zero-order valence-electron chi connectivity index (χ0n) is 14.5. The highest BCUT2D eigenvalue weighted by Crippen LogP contribution is 2.37. The van der Waals surface area contributed by atoms with Crippen molar-refractivity contribution >= 4 is 21.5 Å². The molecule has 0 N–H and O–H groups in total. The van der Waals surface area contributed by atoms with E-state index in [9.17, 15) is 0 Å². The number of benzene rings is 4. The van der Waals surface area contributed by atoms with Crippen LogP contribution >= 0.6 is 0 Å². The Bertz CT molecular complexity index is 1020. The molecule has 0 saturated heterocycles. The van der Waals surface area contributed by atoms with Crippen molar-refractivity contribution in [2.45, 2.75) is 26.2 Å². The number of hydrogen-bond acceptors (Lipinski definition) is 0. The summed E-state index contributed by atoms with van der Waals surface area (Å²) >= 11 is 0. The lowest BCUT2D eigenvalue weighted by molar-refractivity contribution is 0.596. The average molecular weight is 310 g/mol. The third-order valence-electron chi connectivity index (χ3n) is 4.78. The Balaban J connectivity index is 2.10. The first-order valence-electron chi connectivity index (χ1n) is 8.55. The zero-order valence-corrected chi connectivity index (χ0v) is 14.5. The minimum absolute atomic E-state index is 0.122. The summed E-state index contributed by atoms with van der Waals surface area (Å²) in [6, 6.07) is 28.6. The maximum Gasteiger partial charge on any atom is -0.00963 e. The molecule has 4 aromatic rings. The van der Waals surface area contributed by atoms with E-state index < -0.39 is 0 Å². The smallest absolute Gasteiger partial charge is 0.00963 e. The van der Waals surface area contributed by atoms with Gasteiger partial charge in [-0.3, -0.25) is 0 Å². The Morgan fingerprint density at radius 3 is 2.00 bits per heavy atom. The summed E-state index contributed by atoms with van der Waals surface area (Å²) in [6.45, 7) is 6.88. The molecule has 0 radical (unpaired) electrons. The van der Waals surface area contributed by atoms with Crippen LogP contribution in [0.15, 0.2) is 78.9 Å². The monoisotopic (exact) mass is 310 g/mol. The number of rotatable bonds is 1. The van der Waals surface area contributed by atoms with Gasteiger partial charge in [-0.05, 0) is 55.8 Å². The predicted octanol–water partition coefficient (Wildman–Crippen LogP) is 6.96. The fraction of sp³-hybridized carbons (Fsp3) is 0.167. The molecule has 0 heteroatoms. The third-order valence-corrected chi connectivity index (χ3v) is 4.78. The van der Waals surface area contributed by atoms with E-state index in [1.807, 2.05) is 0 Å². The van der Waals surface area contributed by atoms with Gasteiger partial charge in [0.25, 0.3) is 0 Å². The molecule has 0 aliphatic carbocycles. The highest BCUT2D eigenvalue weighted by Gasteiger charge is 2.18. The van der Waals surface area contributed by atoms with Gasteiger partial charge in [0.05, 0.1) is 0 Å². The van der Waals surface area contributed by atoms with Gasteiger partial charge in [-0.25, -0.2) is 0 Å². The molecule has 0 aromatic heterocycles. The third kappa shape index (κ3) is 2.49. The van der Waals surface area contributed by atoms with Crippen molar-refractivity contribution in [1.29, 1.82) is 0 Å². The fourth-order valence-electron chi connectivity index (χ4n) is 3.53. The fourth-order valence-corrected chi connectivity index (χ4v) is 3.53. The molecule has 0 unspecified atom stereocenters. The van der Waals surface area contributed by atoms with Gasteiger partial charge in [-0.15, -0.1) is 0 Å². The molecule has 118 valence electrons. The number of hydrogen-bond donors (Lipinski definition) is 0. The topological polar surface area (TPSA) is 0 Å². The van der Waals surface area contributed by atoms with E-state index >= 15 is 0 Å². The van der Waals surface area contributed by atoms with Gasteiger partial charge in [-0.1, -0.05) is 87.5 Å². The quantitative estimate of drug-likeness (QED) is 0.333. The SMILES string of the molecule is CC(C)(C)c1cc2ccccc2c2cc(-c3ccccc3)ccc12. The lowest BCUT2D eigenvalue weighted by Gasteiger charge is -2.23. The summed E-state index contributed by atoms with van der Waals surface area (Å²) in [5, 5.41) is 5.36. The summed E-state index contributed by atoms with van der Waals surface area (Å²) in [5.41, 5.74) is 4.08. The van der Waals surface area contributed by atoms with E-state index in [1.165, 1.54) is 38.2 Å². The first-order chi connectivity index (χ1) is 11.5. The Labute approximate surface area is 143 Å². The molecular weight excluding hydrogens is 288 g/mol. The van der Waals surface area contributed by atoms with E-state index in [2.05, 4.69) is 99.6 Å². The second-order valence-electron chi connectivity index (χ2n) is 7.52. The standard InChI is InChI=1S/C24H22/c1-24(2,3)23-16-19-11-7-8-12-20(19)22-15-18(13-14-21(22)23)17-9-5-4-6-10-17/h4-16H,1-3H3. The van der Waals surface area contributed by atoms with E-state index in [0.29, 0.717) is 0 Å². The Hall–Kier alpha value is -2.60. The van der Waals surface area contributed by atoms with Crippen molar-refractivity contribution in [3.05, 3.63) is 84.4 Å². The first kappa shape index (κ1) is 15.0. The van der Waals surface area contributed by atoms with Gasteiger partial charge in [0.15, 0.2) is 0 Å². The normalized spacial score (nSPS) is 12.0. The minimum atomic E-state index is 0.122. The molecular formula is C24H22. The Morgan fingerprint density at radius 2 is 1.25 bits per heavy atom. The lowest BCUT2D eigenvalue weighted by atomic mass is 9.81. The highest BCUT2D eigenvalue weighted by atomic mass is 14.2.